The average molecular weight is 126 g/mol. The van der Waals surface area contributed by atoms with Crippen molar-refractivity contribution in [2.45, 2.75) is 31.3 Å². The second-order valence-electron chi connectivity index (χ2n) is 2.61. The minimum absolute atomic E-state index is 0.184. The first kappa shape index (κ1) is 6.78. The van der Waals surface area contributed by atoms with Crippen LogP contribution in [0.4, 0.5) is 0 Å². The Kier molecular flexibility index (Phi) is 2.25. The van der Waals surface area contributed by atoms with Gasteiger partial charge in [-0.25, -0.2) is 0 Å². The van der Waals surface area contributed by atoms with Crippen LogP contribution in [0.25, 0.3) is 0 Å². The van der Waals surface area contributed by atoms with Crippen LogP contribution in [0.5, 0.6) is 0 Å². The number of rotatable bonds is 0. The third kappa shape index (κ3) is 1.80. The first-order chi connectivity index (χ1) is 4.30. The minimum atomic E-state index is 0.184. The lowest BCUT2D eigenvalue weighted by Crippen LogP contribution is -2.40. The van der Waals surface area contributed by atoms with Crippen molar-refractivity contribution in [3.8, 4) is 0 Å². The Hall–Kier alpha value is -0.340. The van der Waals surface area contributed by atoms with Gasteiger partial charge in [0.05, 0.1) is 0 Å². The van der Waals surface area contributed by atoms with Crippen molar-refractivity contribution in [3.63, 3.8) is 0 Å². The number of nitrogens with two attached hydrogens (primary N) is 2. The maximum absolute atomic E-state index is 5.71. The topological polar surface area (TPSA) is 52.0 Å². The molecular formula is C7H14N2. The molecule has 1 aliphatic carbocycles. The summed E-state index contributed by atoms with van der Waals surface area (Å²) in [5.41, 5.74) is 11.4. The van der Waals surface area contributed by atoms with Crippen LogP contribution in [0.1, 0.15) is 19.3 Å². The Bertz CT molecular complexity index is 109. The Morgan fingerprint density at radius 3 is 2.67 bits per heavy atom. The lowest BCUT2D eigenvalue weighted by Gasteiger charge is -2.14. The molecule has 0 heterocycles. The van der Waals surface area contributed by atoms with Crippen LogP contribution in [-0.4, -0.2) is 12.1 Å². The zero-order valence-corrected chi connectivity index (χ0v) is 5.59. The van der Waals surface area contributed by atoms with Gasteiger partial charge in [-0.2, -0.15) is 0 Å². The van der Waals surface area contributed by atoms with Gasteiger partial charge in [0, 0.05) is 12.1 Å². The molecule has 0 amide bonds. The highest BCUT2D eigenvalue weighted by molar-refractivity contribution is 4.94. The lowest BCUT2D eigenvalue weighted by atomic mass is 10.1. The van der Waals surface area contributed by atoms with Gasteiger partial charge in [-0.3, -0.25) is 0 Å². The van der Waals surface area contributed by atoms with Gasteiger partial charge in [0.1, 0.15) is 0 Å². The monoisotopic (exact) mass is 126 g/mol. The average Bonchev–Trinajstić information content (AvgIpc) is 1.99. The van der Waals surface area contributed by atoms with E-state index in [1.807, 2.05) is 0 Å². The molecule has 1 rings (SSSR count). The molecule has 4 N–H and O–H groups in total. The molecule has 52 valence electrons. The zero-order chi connectivity index (χ0) is 6.69. The molecule has 0 saturated heterocycles. The highest BCUT2D eigenvalue weighted by Crippen LogP contribution is 2.07. The first-order valence-corrected chi connectivity index (χ1v) is 3.47. The highest BCUT2D eigenvalue weighted by atomic mass is 14.8. The van der Waals surface area contributed by atoms with E-state index in [-0.39, 0.29) is 12.1 Å². The molecule has 0 aromatic heterocycles. The highest BCUT2D eigenvalue weighted by Gasteiger charge is 2.12. The van der Waals surface area contributed by atoms with E-state index in [1.165, 1.54) is 0 Å². The van der Waals surface area contributed by atoms with Gasteiger partial charge in [0.2, 0.25) is 0 Å². The molecule has 2 nitrogen and oxygen atoms in total. The standard InChI is InChI=1S/C7H14N2/c8-6-4-2-1-3-5-7(6)9/h1-2,6-7H,3-5,8-9H2. The van der Waals surface area contributed by atoms with Crippen molar-refractivity contribution in [2.24, 2.45) is 11.5 Å². The van der Waals surface area contributed by atoms with Gasteiger partial charge >= 0.3 is 0 Å². The van der Waals surface area contributed by atoms with Crippen LogP contribution in [0, 0.1) is 0 Å². The van der Waals surface area contributed by atoms with E-state index >= 15 is 0 Å². The van der Waals surface area contributed by atoms with E-state index in [0.717, 1.165) is 19.3 Å². The molecule has 2 atom stereocenters. The van der Waals surface area contributed by atoms with Gasteiger partial charge in [-0.1, -0.05) is 12.2 Å². The smallest absolute Gasteiger partial charge is 0.0227 e. The van der Waals surface area contributed by atoms with Crippen LogP contribution < -0.4 is 11.5 Å². The van der Waals surface area contributed by atoms with Crippen molar-refractivity contribution in [3.05, 3.63) is 12.2 Å². The van der Waals surface area contributed by atoms with Gasteiger partial charge in [-0.05, 0) is 19.3 Å². The summed E-state index contributed by atoms with van der Waals surface area (Å²) in [4.78, 5) is 0. The molecule has 1 aliphatic rings. The number of allylic oxidation sites excluding steroid dienone is 1. The van der Waals surface area contributed by atoms with E-state index in [0.29, 0.717) is 0 Å². The Balaban J connectivity index is 2.42. The number of hydrogen-bond acceptors (Lipinski definition) is 2. The van der Waals surface area contributed by atoms with Crippen LogP contribution in [0.2, 0.25) is 0 Å². The molecule has 0 fully saturated rings. The minimum Gasteiger partial charge on any atom is -0.326 e. The third-order valence-corrected chi connectivity index (χ3v) is 1.79. The molecule has 2 unspecified atom stereocenters. The molecule has 9 heavy (non-hydrogen) atoms. The summed E-state index contributed by atoms with van der Waals surface area (Å²) in [6.07, 6.45) is 7.36. The SMILES string of the molecule is NC1CC=CCCC1N. The molecule has 0 saturated carbocycles. The summed E-state index contributed by atoms with van der Waals surface area (Å²) in [6, 6.07) is 0.392. The van der Waals surface area contributed by atoms with E-state index < -0.39 is 0 Å². The summed E-state index contributed by atoms with van der Waals surface area (Å²) in [5, 5.41) is 0. The molecule has 0 bridgehead atoms. The Morgan fingerprint density at radius 1 is 1.11 bits per heavy atom. The van der Waals surface area contributed by atoms with Gasteiger partial charge in [0.25, 0.3) is 0 Å². The second kappa shape index (κ2) is 2.99. The predicted molar refractivity (Wildman–Crippen MR) is 38.9 cm³/mol. The molecule has 0 radical (unpaired) electrons. The maximum Gasteiger partial charge on any atom is 0.0227 e. The predicted octanol–water partition coefficient (Wildman–Crippen LogP) is 0.381. The molecule has 2 heteroatoms. The lowest BCUT2D eigenvalue weighted by molar-refractivity contribution is 0.513. The van der Waals surface area contributed by atoms with E-state index in [1.54, 1.807) is 0 Å². The molecule has 0 aromatic carbocycles. The summed E-state index contributed by atoms with van der Waals surface area (Å²) in [6.45, 7) is 0. The van der Waals surface area contributed by atoms with Gasteiger partial charge in [-0.15, -0.1) is 0 Å². The summed E-state index contributed by atoms with van der Waals surface area (Å²) < 4.78 is 0. The maximum atomic E-state index is 5.71. The number of hydrogen-bond donors (Lipinski definition) is 2. The van der Waals surface area contributed by atoms with Crippen molar-refractivity contribution in [1.29, 1.82) is 0 Å². The summed E-state index contributed by atoms with van der Waals surface area (Å²) in [5.74, 6) is 0. The molecule has 0 aromatic rings. The van der Waals surface area contributed by atoms with Gasteiger partial charge < -0.3 is 11.5 Å². The van der Waals surface area contributed by atoms with E-state index in [4.69, 9.17) is 11.5 Å². The van der Waals surface area contributed by atoms with Crippen LogP contribution in [0.15, 0.2) is 12.2 Å². The van der Waals surface area contributed by atoms with E-state index in [2.05, 4.69) is 12.2 Å². The summed E-state index contributed by atoms with van der Waals surface area (Å²) in [7, 11) is 0. The zero-order valence-electron chi connectivity index (χ0n) is 5.59. The second-order valence-corrected chi connectivity index (χ2v) is 2.61. The fraction of sp³-hybridized carbons (Fsp3) is 0.714. The Labute approximate surface area is 55.9 Å². The van der Waals surface area contributed by atoms with Crippen molar-refractivity contribution in [1.82, 2.24) is 0 Å². The third-order valence-electron chi connectivity index (χ3n) is 1.79. The van der Waals surface area contributed by atoms with Crippen LogP contribution in [-0.2, 0) is 0 Å². The molecular weight excluding hydrogens is 112 g/mol. The van der Waals surface area contributed by atoms with Crippen molar-refractivity contribution < 1.29 is 0 Å². The fourth-order valence-corrected chi connectivity index (χ4v) is 1.05. The van der Waals surface area contributed by atoms with Crippen molar-refractivity contribution >= 4 is 0 Å². The molecule has 0 spiro atoms. The Morgan fingerprint density at radius 2 is 1.89 bits per heavy atom. The quantitative estimate of drug-likeness (QED) is 0.461. The van der Waals surface area contributed by atoms with Crippen LogP contribution in [0.3, 0.4) is 0 Å². The van der Waals surface area contributed by atoms with Gasteiger partial charge in [0.15, 0.2) is 0 Å². The largest absolute Gasteiger partial charge is 0.326 e. The summed E-state index contributed by atoms with van der Waals surface area (Å²) >= 11 is 0. The van der Waals surface area contributed by atoms with Crippen LogP contribution >= 0.6 is 0 Å². The fourth-order valence-electron chi connectivity index (χ4n) is 1.05. The van der Waals surface area contributed by atoms with Crippen molar-refractivity contribution in [2.75, 3.05) is 0 Å². The molecule has 0 aliphatic heterocycles. The normalized spacial score (nSPS) is 36.2. The van der Waals surface area contributed by atoms with E-state index in [9.17, 15) is 0 Å². The first-order valence-electron chi connectivity index (χ1n) is 3.47.